The van der Waals surface area contributed by atoms with Gasteiger partial charge in [-0.15, -0.1) is 5.10 Å². The minimum Gasteiger partial charge on any atom is -0.354 e. The maximum absolute atomic E-state index is 14.1. The molecule has 2 N–H and O–H groups in total. The van der Waals surface area contributed by atoms with E-state index in [-0.39, 0.29) is 24.3 Å². The summed E-state index contributed by atoms with van der Waals surface area (Å²) in [6.07, 6.45) is 0.816. The third-order valence-electron chi connectivity index (χ3n) is 6.36. The van der Waals surface area contributed by atoms with Crippen LogP contribution in [-0.2, 0) is 20.9 Å². The summed E-state index contributed by atoms with van der Waals surface area (Å²) >= 11 is 0. The van der Waals surface area contributed by atoms with Gasteiger partial charge < -0.3 is 10.6 Å². The molecular formula is C30H34N6O3. The molecule has 9 nitrogen and oxygen atoms in total. The minimum absolute atomic E-state index is 0.115. The second-order valence-corrected chi connectivity index (χ2v) is 10.0. The van der Waals surface area contributed by atoms with Crippen molar-refractivity contribution in [3.63, 3.8) is 0 Å². The average Bonchev–Trinajstić information content (AvgIpc) is 3.30. The van der Waals surface area contributed by atoms with Gasteiger partial charge in [0.2, 0.25) is 17.7 Å². The summed E-state index contributed by atoms with van der Waals surface area (Å²) in [5.74, 6) is -0.386. The molecule has 4 aromatic rings. The predicted molar refractivity (Wildman–Crippen MR) is 152 cm³/mol. The molecule has 0 aliphatic rings. The lowest BCUT2D eigenvalue weighted by molar-refractivity contribution is -0.127. The van der Waals surface area contributed by atoms with Crippen LogP contribution in [-0.4, -0.2) is 39.3 Å². The van der Waals surface area contributed by atoms with Crippen LogP contribution in [0.15, 0.2) is 72.8 Å². The number of hydrogen-bond acceptors (Lipinski definition) is 5. The molecule has 3 aromatic carbocycles. The first-order valence-corrected chi connectivity index (χ1v) is 13.0. The number of benzene rings is 3. The molecule has 0 radical (unpaired) electrons. The Hall–Kier alpha value is -4.53. The van der Waals surface area contributed by atoms with Gasteiger partial charge in [0, 0.05) is 24.8 Å². The summed E-state index contributed by atoms with van der Waals surface area (Å²) in [5, 5.41) is 14.1. The number of anilines is 2. The van der Waals surface area contributed by atoms with E-state index in [1.165, 1.54) is 11.8 Å². The Labute approximate surface area is 228 Å². The van der Waals surface area contributed by atoms with E-state index in [0.29, 0.717) is 34.9 Å². The lowest BCUT2D eigenvalue weighted by atomic mass is 10.0. The predicted octanol–water partition coefficient (Wildman–Crippen LogP) is 4.63. The molecule has 3 amide bonds. The zero-order valence-corrected chi connectivity index (χ0v) is 22.7. The second-order valence-electron chi connectivity index (χ2n) is 10.0. The molecule has 0 aliphatic carbocycles. The summed E-state index contributed by atoms with van der Waals surface area (Å²) in [6, 6.07) is 21.0. The topological polar surface area (TPSA) is 109 Å². The fraction of sp³-hybridized carbons (Fsp3) is 0.300. The molecule has 0 fully saturated rings. The second kappa shape index (κ2) is 12.3. The molecule has 1 aromatic heterocycles. The van der Waals surface area contributed by atoms with Crippen LogP contribution in [0.1, 0.15) is 44.4 Å². The van der Waals surface area contributed by atoms with Crippen LogP contribution >= 0.6 is 0 Å². The van der Waals surface area contributed by atoms with E-state index in [0.717, 1.165) is 17.5 Å². The van der Waals surface area contributed by atoms with E-state index >= 15 is 0 Å². The maximum Gasteiger partial charge on any atom is 0.249 e. The molecule has 202 valence electrons. The van der Waals surface area contributed by atoms with E-state index in [1.807, 2.05) is 55.5 Å². The highest BCUT2D eigenvalue weighted by Crippen LogP contribution is 2.30. The van der Waals surface area contributed by atoms with Crippen molar-refractivity contribution in [1.82, 2.24) is 20.3 Å². The van der Waals surface area contributed by atoms with Crippen LogP contribution in [0.4, 0.5) is 11.4 Å². The molecule has 0 spiro atoms. The van der Waals surface area contributed by atoms with Crippen molar-refractivity contribution in [3.05, 3.63) is 83.9 Å². The third-order valence-corrected chi connectivity index (χ3v) is 6.36. The fourth-order valence-electron chi connectivity index (χ4n) is 4.33. The number of para-hydroxylation sites is 1. The number of carbonyl (C=O) groups is 3. The third kappa shape index (κ3) is 6.87. The number of hydrogen-bond donors (Lipinski definition) is 2. The molecule has 9 heteroatoms. The number of rotatable bonds is 10. The van der Waals surface area contributed by atoms with Gasteiger partial charge in [0.1, 0.15) is 18.1 Å². The van der Waals surface area contributed by atoms with Crippen LogP contribution in [0.3, 0.4) is 0 Å². The number of fused-ring (bicyclic) bond motifs is 1. The standard InChI is InChI=1S/C30H34N6O3/c1-20(2)17-18-31-30(39)29(23-11-9-21(3)10-12-23)36(25-15-13-24(14-16-25)32-22(4)37)28(38)19-35-27-8-6-5-7-26(27)33-34-35/h5-16,20,29H,17-19H2,1-4H3,(H,31,39)(H,32,37)/t29-/m1/s1. The van der Waals surface area contributed by atoms with Gasteiger partial charge in [-0.25, -0.2) is 4.68 Å². The van der Waals surface area contributed by atoms with Crippen molar-refractivity contribution in [2.24, 2.45) is 5.92 Å². The normalized spacial score (nSPS) is 11.8. The average molecular weight is 527 g/mol. The molecule has 0 saturated heterocycles. The fourth-order valence-corrected chi connectivity index (χ4v) is 4.33. The van der Waals surface area contributed by atoms with E-state index < -0.39 is 6.04 Å². The van der Waals surface area contributed by atoms with Crippen LogP contribution < -0.4 is 15.5 Å². The highest BCUT2D eigenvalue weighted by molar-refractivity contribution is 6.02. The Morgan fingerprint density at radius 3 is 2.31 bits per heavy atom. The lowest BCUT2D eigenvalue weighted by Crippen LogP contribution is -2.45. The number of aryl methyl sites for hydroxylation is 1. The highest BCUT2D eigenvalue weighted by atomic mass is 16.2. The zero-order chi connectivity index (χ0) is 27.9. The first-order valence-electron chi connectivity index (χ1n) is 13.0. The first-order chi connectivity index (χ1) is 18.7. The smallest absolute Gasteiger partial charge is 0.249 e. The van der Waals surface area contributed by atoms with Crippen molar-refractivity contribution in [2.45, 2.75) is 46.7 Å². The van der Waals surface area contributed by atoms with Gasteiger partial charge in [-0.05, 0) is 61.2 Å². The highest BCUT2D eigenvalue weighted by Gasteiger charge is 2.33. The van der Waals surface area contributed by atoms with E-state index in [1.54, 1.807) is 28.9 Å². The van der Waals surface area contributed by atoms with Crippen molar-refractivity contribution < 1.29 is 14.4 Å². The number of nitrogens with one attached hydrogen (secondary N) is 2. The van der Waals surface area contributed by atoms with Crippen molar-refractivity contribution >= 4 is 40.1 Å². The SMILES string of the molecule is CC(=O)Nc1ccc(N(C(=O)Cn2nnc3ccccc32)[C@@H](C(=O)NCCC(C)C)c2ccc(C)cc2)cc1. The van der Waals surface area contributed by atoms with Gasteiger partial charge in [0.25, 0.3) is 0 Å². The summed E-state index contributed by atoms with van der Waals surface area (Å²) in [7, 11) is 0. The summed E-state index contributed by atoms with van der Waals surface area (Å²) in [5.41, 5.74) is 4.24. The monoisotopic (exact) mass is 526 g/mol. The molecule has 4 rings (SSSR count). The molecule has 0 unspecified atom stereocenters. The zero-order valence-electron chi connectivity index (χ0n) is 22.7. The maximum atomic E-state index is 14.1. The lowest BCUT2D eigenvalue weighted by Gasteiger charge is -2.32. The Balaban J connectivity index is 1.76. The van der Waals surface area contributed by atoms with Gasteiger partial charge in [-0.2, -0.15) is 0 Å². The van der Waals surface area contributed by atoms with E-state index in [4.69, 9.17) is 0 Å². The summed E-state index contributed by atoms with van der Waals surface area (Å²) in [4.78, 5) is 40.9. The summed E-state index contributed by atoms with van der Waals surface area (Å²) < 4.78 is 1.54. The van der Waals surface area contributed by atoms with Gasteiger partial charge in [-0.3, -0.25) is 19.3 Å². The van der Waals surface area contributed by atoms with Crippen molar-refractivity contribution in [2.75, 3.05) is 16.8 Å². The Morgan fingerprint density at radius 2 is 1.64 bits per heavy atom. The minimum atomic E-state index is -0.924. The number of nitrogens with zero attached hydrogens (tertiary/aromatic N) is 4. The Kier molecular flexibility index (Phi) is 8.70. The van der Waals surface area contributed by atoms with Gasteiger partial charge in [0.05, 0.1) is 5.52 Å². The molecule has 1 atom stereocenters. The van der Waals surface area contributed by atoms with Crippen LogP contribution in [0, 0.1) is 12.8 Å². The quantitative estimate of drug-likeness (QED) is 0.313. The Bertz CT molecular complexity index is 1440. The largest absolute Gasteiger partial charge is 0.354 e. The molecule has 0 aliphatic heterocycles. The van der Waals surface area contributed by atoms with Crippen LogP contribution in [0.5, 0.6) is 0 Å². The van der Waals surface area contributed by atoms with Crippen molar-refractivity contribution in [3.8, 4) is 0 Å². The van der Waals surface area contributed by atoms with Gasteiger partial charge in [0.15, 0.2) is 0 Å². The van der Waals surface area contributed by atoms with Gasteiger partial charge >= 0.3 is 0 Å². The molecule has 0 bridgehead atoms. The Morgan fingerprint density at radius 1 is 0.949 bits per heavy atom. The first kappa shape index (κ1) is 27.5. The van der Waals surface area contributed by atoms with Gasteiger partial charge in [-0.1, -0.05) is 61.0 Å². The number of carbonyl (C=O) groups excluding carboxylic acids is 3. The van der Waals surface area contributed by atoms with E-state index in [2.05, 4.69) is 34.8 Å². The molecular weight excluding hydrogens is 492 g/mol. The van der Waals surface area contributed by atoms with Crippen LogP contribution in [0.2, 0.25) is 0 Å². The number of amides is 3. The van der Waals surface area contributed by atoms with E-state index in [9.17, 15) is 14.4 Å². The summed E-state index contributed by atoms with van der Waals surface area (Å²) in [6.45, 7) is 7.98. The molecule has 39 heavy (non-hydrogen) atoms. The molecule has 0 saturated carbocycles. The van der Waals surface area contributed by atoms with Crippen molar-refractivity contribution in [1.29, 1.82) is 0 Å². The number of aromatic nitrogens is 3. The molecule has 1 heterocycles. The van der Waals surface area contributed by atoms with Crippen LogP contribution in [0.25, 0.3) is 11.0 Å².